The summed E-state index contributed by atoms with van der Waals surface area (Å²) in [7, 11) is 0. The van der Waals surface area contributed by atoms with Gasteiger partial charge in [-0.3, -0.25) is 9.59 Å². The van der Waals surface area contributed by atoms with Crippen molar-refractivity contribution >= 4 is 11.8 Å². The molecule has 0 unspecified atom stereocenters. The third-order valence-corrected chi connectivity index (χ3v) is 4.43. The molecule has 1 aromatic carbocycles. The van der Waals surface area contributed by atoms with E-state index in [1.165, 1.54) is 10.5 Å². The predicted molar refractivity (Wildman–Crippen MR) is 93.1 cm³/mol. The first-order valence-corrected chi connectivity index (χ1v) is 8.53. The molecule has 6 heteroatoms. The van der Waals surface area contributed by atoms with Crippen molar-refractivity contribution in [2.75, 3.05) is 19.6 Å². The summed E-state index contributed by atoms with van der Waals surface area (Å²) < 4.78 is 5.14. The van der Waals surface area contributed by atoms with Crippen LogP contribution in [0.4, 0.5) is 0 Å². The Hall–Kier alpha value is -2.63. The molecule has 0 bridgehead atoms. The van der Waals surface area contributed by atoms with E-state index in [0.717, 1.165) is 11.3 Å². The predicted octanol–water partition coefficient (Wildman–Crippen LogP) is 2.59. The second-order valence-electron chi connectivity index (χ2n) is 6.80. The molecule has 2 amide bonds. The van der Waals surface area contributed by atoms with E-state index >= 15 is 0 Å². The van der Waals surface area contributed by atoms with Gasteiger partial charge in [0.05, 0.1) is 5.69 Å². The van der Waals surface area contributed by atoms with Crippen LogP contribution in [-0.4, -0.2) is 46.4 Å². The molecule has 1 aromatic heterocycles. The molecular weight excluding hydrogens is 318 g/mol. The number of piperazine rings is 1. The van der Waals surface area contributed by atoms with Crippen molar-refractivity contribution in [2.24, 2.45) is 0 Å². The van der Waals surface area contributed by atoms with Crippen molar-refractivity contribution < 1.29 is 14.1 Å². The minimum absolute atomic E-state index is 0.0521. The molecule has 0 radical (unpaired) electrons. The molecule has 0 spiro atoms. The number of nitrogens with zero attached hydrogens (tertiary/aromatic N) is 3. The van der Waals surface area contributed by atoms with Crippen LogP contribution in [0.15, 0.2) is 34.9 Å². The van der Waals surface area contributed by atoms with Gasteiger partial charge in [0, 0.05) is 25.7 Å². The zero-order valence-electron chi connectivity index (χ0n) is 14.9. The van der Waals surface area contributed by atoms with E-state index in [0.29, 0.717) is 19.6 Å². The first kappa shape index (κ1) is 17.2. The number of benzene rings is 1. The highest BCUT2D eigenvalue weighted by molar-refractivity contribution is 5.94. The summed E-state index contributed by atoms with van der Waals surface area (Å²) in [6.07, 6.45) is 0. The van der Waals surface area contributed by atoms with Gasteiger partial charge < -0.3 is 14.3 Å². The summed E-state index contributed by atoms with van der Waals surface area (Å²) in [6, 6.07) is 9.80. The Balaban J connectivity index is 1.61. The van der Waals surface area contributed by atoms with Crippen molar-refractivity contribution in [1.29, 1.82) is 0 Å². The average molecular weight is 341 g/mol. The van der Waals surface area contributed by atoms with Crippen molar-refractivity contribution in [2.45, 2.75) is 33.2 Å². The summed E-state index contributed by atoms with van der Waals surface area (Å²) in [5.74, 6) is 0.0632. The number of hydrogen-bond donors (Lipinski definition) is 0. The molecule has 1 fully saturated rings. The lowest BCUT2D eigenvalue weighted by atomic mass is 10.1. The summed E-state index contributed by atoms with van der Waals surface area (Å²) in [4.78, 5) is 28.2. The van der Waals surface area contributed by atoms with Crippen LogP contribution in [0.25, 0.3) is 0 Å². The van der Waals surface area contributed by atoms with E-state index in [1.807, 2.05) is 45.0 Å². The smallest absolute Gasteiger partial charge is 0.293 e. The number of aromatic nitrogens is 1. The molecule has 6 nitrogen and oxygen atoms in total. The molecule has 132 valence electrons. The van der Waals surface area contributed by atoms with E-state index in [4.69, 9.17) is 4.52 Å². The van der Waals surface area contributed by atoms with Crippen LogP contribution in [0.2, 0.25) is 0 Å². The Morgan fingerprint density at radius 1 is 1.24 bits per heavy atom. The molecule has 3 rings (SSSR count). The van der Waals surface area contributed by atoms with Gasteiger partial charge in [-0.05, 0) is 18.4 Å². The zero-order valence-corrected chi connectivity index (χ0v) is 14.9. The van der Waals surface area contributed by atoms with Crippen LogP contribution in [0.5, 0.6) is 0 Å². The molecule has 25 heavy (non-hydrogen) atoms. The van der Waals surface area contributed by atoms with E-state index in [2.05, 4.69) is 5.16 Å². The number of hydrogen-bond acceptors (Lipinski definition) is 4. The Bertz CT molecular complexity index is 764. The quantitative estimate of drug-likeness (QED) is 0.857. The minimum atomic E-state index is -0.275. The van der Waals surface area contributed by atoms with Gasteiger partial charge in [-0.25, -0.2) is 0 Å². The Labute approximate surface area is 147 Å². The number of carbonyl (C=O) groups excluding carboxylic acids is 2. The van der Waals surface area contributed by atoms with Gasteiger partial charge in [-0.1, -0.05) is 48.8 Å². The van der Waals surface area contributed by atoms with Gasteiger partial charge in [0.25, 0.3) is 5.91 Å². The van der Waals surface area contributed by atoms with Gasteiger partial charge in [-0.15, -0.1) is 0 Å². The van der Waals surface area contributed by atoms with Crippen LogP contribution in [0, 0.1) is 6.92 Å². The van der Waals surface area contributed by atoms with E-state index < -0.39 is 0 Å². The van der Waals surface area contributed by atoms with Crippen LogP contribution in [0.1, 0.15) is 47.1 Å². The average Bonchev–Trinajstić information content (AvgIpc) is 3.08. The summed E-state index contributed by atoms with van der Waals surface area (Å²) in [5, 5.41) is 3.91. The van der Waals surface area contributed by atoms with Gasteiger partial charge in [0.15, 0.2) is 0 Å². The summed E-state index contributed by atoms with van der Waals surface area (Å²) in [5.41, 5.74) is 3.03. The lowest BCUT2D eigenvalue weighted by molar-refractivity contribution is -0.135. The third kappa shape index (κ3) is 3.90. The fourth-order valence-electron chi connectivity index (χ4n) is 2.78. The van der Waals surface area contributed by atoms with Crippen molar-refractivity contribution in [3.8, 4) is 0 Å². The third-order valence-electron chi connectivity index (χ3n) is 4.43. The zero-order chi connectivity index (χ0) is 18.0. The van der Waals surface area contributed by atoms with Crippen LogP contribution < -0.4 is 0 Å². The molecule has 1 saturated heterocycles. The second-order valence-corrected chi connectivity index (χ2v) is 6.80. The summed E-state index contributed by atoms with van der Waals surface area (Å²) in [6.45, 7) is 7.66. The summed E-state index contributed by atoms with van der Waals surface area (Å²) >= 11 is 0. The molecular formula is C19H23N3O3. The second kappa shape index (κ2) is 7.09. The Morgan fingerprint density at radius 2 is 1.96 bits per heavy atom. The molecule has 1 aliphatic heterocycles. The van der Waals surface area contributed by atoms with Gasteiger partial charge in [0.1, 0.15) is 6.54 Å². The number of rotatable bonds is 4. The molecule has 1 aliphatic rings. The SMILES string of the molecule is Cc1ccc(CN2CCN(C(=O)c3cc(C(C)C)no3)CC2=O)cc1. The highest BCUT2D eigenvalue weighted by Crippen LogP contribution is 2.17. The van der Waals surface area contributed by atoms with Gasteiger partial charge in [0.2, 0.25) is 11.7 Å². The maximum absolute atomic E-state index is 12.5. The largest absolute Gasteiger partial charge is 0.351 e. The highest BCUT2D eigenvalue weighted by Gasteiger charge is 2.29. The molecule has 0 atom stereocenters. The maximum Gasteiger partial charge on any atom is 0.293 e. The van der Waals surface area contributed by atoms with E-state index in [1.54, 1.807) is 11.0 Å². The van der Waals surface area contributed by atoms with Crippen molar-refractivity contribution in [3.63, 3.8) is 0 Å². The lowest BCUT2D eigenvalue weighted by Gasteiger charge is -2.33. The standard InChI is InChI=1S/C19H23N3O3/c1-13(2)16-10-17(25-20-16)19(24)22-9-8-21(18(23)12-22)11-15-6-4-14(3)5-7-15/h4-7,10,13H,8-9,11-12H2,1-3H3. The van der Waals surface area contributed by atoms with Crippen LogP contribution in [-0.2, 0) is 11.3 Å². The van der Waals surface area contributed by atoms with Crippen molar-refractivity contribution in [3.05, 3.63) is 52.9 Å². The van der Waals surface area contributed by atoms with E-state index in [-0.39, 0.29) is 30.0 Å². The van der Waals surface area contributed by atoms with Gasteiger partial charge in [-0.2, -0.15) is 0 Å². The molecule has 0 N–H and O–H groups in total. The van der Waals surface area contributed by atoms with E-state index in [9.17, 15) is 9.59 Å². The number of carbonyl (C=O) groups is 2. The molecule has 2 heterocycles. The fraction of sp³-hybridized carbons (Fsp3) is 0.421. The maximum atomic E-state index is 12.5. The lowest BCUT2D eigenvalue weighted by Crippen LogP contribution is -2.51. The number of aryl methyl sites for hydroxylation is 1. The molecule has 2 aromatic rings. The monoisotopic (exact) mass is 341 g/mol. The fourth-order valence-corrected chi connectivity index (χ4v) is 2.78. The van der Waals surface area contributed by atoms with Crippen LogP contribution >= 0.6 is 0 Å². The highest BCUT2D eigenvalue weighted by atomic mass is 16.5. The van der Waals surface area contributed by atoms with Crippen LogP contribution in [0.3, 0.4) is 0 Å². The minimum Gasteiger partial charge on any atom is -0.351 e. The Kier molecular flexibility index (Phi) is 4.88. The topological polar surface area (TPSA) is 66.7 Å². The molecule has 0 saturated carbocycles. The Morgan fingerprint density at radius 3 is 2.56 bits per heavy atom. The molecule has 0 aliphatic carbocycles. The first-order valence-electron chi connectivity index (χ1n) is 8.53. The normalized spacial score (nSPS) is 15.1. The van der Waals surface area contributed by atoms with Gasteiger partial charge >= 0.3 is 0 Å². The van der Waals surface area contributed by atoms with Crippen molar-refractivity contribution in [1.82, 2.24) is 15.0 Å². The number of amides is 2. The first-order chi connectivity index (χ1) is 11.9.